The van der Waals surface area contributed by atoms with Crippen molar-refractivity contribution in [3.8, 4) is 0 Å². The topological polar surface area (TPSA) is 66.9 Å². The Morgan fingerprint density at radius 2 is 2.13 bits per heavy atom. The Hall–Kier alpha value is -1.49. The molecule has 1 rings (SSSR count). The van der Waals surface area contributed by atoms with Crippen molar-refractivity contribution in [2.24, 2.45) is 0 Å². The van der Waals surface area contributed by atoms with Crippen molar-refractivity contribution in [1.29, 1.82) is 0 Å². The van der Waals surface area contributed by atoms with Gasteiger partial charge in [-0.25, -0.2) is 9.97 Å². The lowest BCUT2D eigenvalue weighted by atomic mass is 10.2. The molecule has 1 unspecified atom stereocenters. The zero-order valence-electron chi connectivity index (χ0n) is 9.03. The second-order valence-corrected chi connectivity index (χ2v) is 3.37. The first-order chi connectivity index (χ1) is 7.22. The van der Waals surface area contributed by atoms with Crippen molar-refractivity contribution in [2.45, 2.75) is 26.3 Å². The number of hydrogen-bond acceptors (Lipinski definition) is 4. The highest BCUT2D eigenvalue weighted by Crippen LogP contribution is 1.99. The van der Waals surface area contributed by atoms with Gasteiger partial charge in [-0.15, -0.1) is 0 Å². The fourth-order valence-corrected chi connectivity index (χ4v) is 0.980. The molecule has 1 aromatic rings. The molecule has 0 aromatic carbocycles. The zero-order chi connectivity index (χ0) is 11.1. The van der Waals surface area contributed by atoms with Crippen molar-refractivity contribution < 1.29 is 4.79 Å². The summed E-state index contributed by atoms with van der Waals surface area (Å²) >= 11 is 0. The van der Waals surface area contributed by atoms with Gasteiger partial charge in [-0.05, 0) is 13.3 Å². The van der Waals surface area contributed by atoms with Gasteiger partial charge in [0.05, 0.1) is 24.6 Å². The predicted octanol–water partition coefficient (Wildman–Crippen LogP) is 0.803. The minimum atomic E-state index is -0.0786. The number of nitrogens with zero attached hydrogens (tertiary/aromatic N) is 2. The smallest absolute Gasteiger partial charge is 0.238 e. The Morgan fingerprint density at radius 3 is 2.73 bits per heavy atom. The number of amides is 1. The van der Waals surface area contributed by atoms with Crippen LogP contribution in [0.1, 0.15) is 20.3 Å². The van der Waals surface area contributed by atoms with E-state index < -0.39 is 0 Å². The van der Waals surface area contributed by atoms with Crippen LogP contribution >= 0.6 is 0 Å². The Labute approximate surface area is 89.3 Å². The van der Waals surface area contributed by atoms with E-state index in [1.165, 1.54) is 6.33 Å². The minimum absolute atomic E-state index is 0.0786. The first kappa shape index (κ1) is 11.6. The molecule has 0 aliphatic rings. The maximum atomic E-state index is 11.4. The molecule has 0 fully saturated rings. The summed E-state index contributed by atoms with van der Waals surface area (Å²) in [4.78, 5) is 19.0. The monoisotopic (exact) mass is 208 g/mol. The van der Waals surface area contributed by atoms with E-state index in [4.69, 9.17) is 0 Å². The zero-order valence-corrected chi connectivity index (χ0v) is 9.03. The van der Waals surface area contributed by atoms with Crippen LogP contribution in [0.25, 0.3) is 0 Å². The van der Waals surface area contributed by atoms with Gasteiger partial charge in [0.15, 0.2) is 0 Å². The average Bonchev–Trinajstić information content (AvgIpc) is 2.27. The molecule has 0 bridgehead atoms. The van der Waals surface area contributed by atoms with Gasteiger partial charge in [0.2, 0.25) is 5.91 Å². The van der Waals surface area contributed by atoms with E-state index in [0.29, 0.717) is 18.3 Å². The van der Waals surface area contributed by atoms with Gasteiger partial charge in [0.25, 0.3) is 0 Å². The number of rotatable bonds is 5. The van der Waals surface area contributed by atoms with Crippen molar-refractivity contribution >= 4 is 11.6 Å². The molecule has 0 aliphatic carbocycles. The van der Waals surface area contributed by atoms with Crippen LogP contribution in [-0.4, -0.2) is 28.5 Å². The molecule has 0 aliphatic heterocycles. The van der Waals surface area contributed by atoms with E-state index in [1.807, 2.05) is 6.92 Å². The van der Waals surface area contributed by atoms with Crippen molar-refractivity contribution in [1.82, 2.24) is 15.3 Å². The number of carbonyl (C=O) groups is 1. The Balaban J connectivity index is 2.31. The second kappa shape index (κ2) is 6.08. The maximum absolute atomic E-state index is 11.4. The molecule has 2 N–H and O–H groups in total. The third kappa shape index (κ3) is 4.51. The summed E-state index contributed by atoms with van der Waals surface area (Å²) in [6.45, 7) is 4.42. The molecule has 1 heterocycles. The van der Waals surface area contributed by atoms with Crippen LogP contribution in [-0.2, 0) is 4.79 Å². The van der Waals surface area contributed by atoms with Crippen LogP contribution in [0.15, 0.2) is 18.7 Å². The highest BCUT2D eigenvalue weighted by molar-refractivity contribution is 5.91. The Bertz CT molecular complexity index is 302. The molecular weight excluding hydrogens is 192 g/mol. The molecule has 0 radical (unpaired) electrons. The van der Waals surface area contributed by atoms with Gasteiger partial charge in [0.1, 0.15) is 6.33 Å². The van der Waals surface area contributed by atoms with Crippen LogP contribution in [0.4, 0.5) is 5.69 Å². The predicted molar refractivity (Wildman–Crippen MR) is 58.4 cm³/mol. The van der Waals surface area contributed by atoms with E-state index >= 15 is 0 Å². The molecule has 5 nitrogen and oxygen atoms in total. The average molecular weight is 208 g/mol. The van der Waals surface area contributed by atoms with Crippen LogP contribution in [0, 0.1) is 0 Å². The standard InChI is InChI=1S/C10H16N4O/c1-3-8(2)13-6-10(15)14-9-4-11-7-12-5-9/h4-5,7-8,13H,3,6H2,1-2H3,(H,14,15). The fourth-order valence-electron chi connectivity index (χ4n) is 0.980. The molecular formula is C10H16N4O. The molecule has 1 atom stereocenters. The fraction of sp³-hybridized carbons (Fsp3) is 0.500. The molecule has 1 amide bonds. The third-order valence-electron chi connectivity index (χ3n) is 2.07. The third-order valence-corrected chi connectivity index (χ3v) is 2.07. The number of aromatic nitrogens is 2. The van der Waals surface area contributed by atoms with Gasteiger partial charge in [0, 0.05) is 6.04 Å². The summed E-state index contributed by atoms with van der Waals surface area (Å²) in [6.07, 6.45) is 5.55. The molecule has 15 heavy (non-hydrogen) atoms. The molecule has 0 saturated carbocycles. The lowest BCUT2D eigenvalue weighted by molar-refractivity contribution is -0.115. The van der Waals surface area contributed by atoms with Crippen LogP contribution in [0.3, 0.4) is 0 Å². The molecule has 1 aromatic heterocycles. The van der Waals surface area contributed by atoms with Crippen molar-refractivity contribution in [2.75, 3.05) is 11.9 Å². The summed E-state index contributed by atoms with van der Waals surface area (Å²) in [5.74, 6) is -0.0786. The highest BCUT2D eigenvalue weighted by atomic mass is 16.1. The van der Waals surface area contributed by atoms with Gasteiger partial charge in [-0.1, -0.05) is 6.92 Å². The van der Waals surface area contributed by atoms with E-state index in [0.717, 1.165) is 6.42 Å². The summed E-state index contributed by atoms with van der Waals surface area (Å²) in [6, 6.07) is 0.350. The minimum Gasteiger partial charge on any atom is -0.322 e. The Morgan fingerprint density at radius 1 is 1.47 bits per heavy atom. The summed E-state index contributed by atoms with van der Waals surface area (Å²) in [7, 11) is 0. The van der Waals surface area contributed by atoms with Crippen molar-refractivity contribution in [3.05, 3.63) is 18.7 Å². The Kier molecular flexibility index (Phi) is 4.70. The van der Waals surface area contributed by atoms with E-state index in [-0.39, 0.29) is 5.91 Å². The second-order valence-electron chi connectivity index (χ2n) is 3.37. The van der Waals surface area contributed by atoms with Gasteiger partial charge in [-0.2, -0.15) is 0 Å². The van der Waals surface area contributed by atoms with Crippen molar-refractivity contribution in [3.63, 3.8) is 0 Å². The number of anilines is 1. The largest absolute Gasteiger partial charge is 0.322 e. The lowest BCUT2D eigenvalue weighted by Gasteiger charge is -2.10. The number of hydrogen-bond donors (Lipinski definition) is 2. The maximum Gasteiger partial charge on any atom is 0.238 e. The first-order valence-corrected chi connectivity index (χ1v) is 5.00. The normalized spacial score (nSPS) is 12.1. The number of carbonyl (C=O) groups excluding carboxylic acids is 1. The summed E-state index contributed by atoms with van der Waals surface area (Å²) < 4.78 is 0. The highest BCUT2D eigenvalue weighted by Gasteiger charge is 2.04. The van der Waals surface area contributed by atoms with E-state index in [9.17, 15) is 4.79 Å². The molecule has 0 spiro atoms. The molecule has 0 saturated heterocycles. The van der Waals surface area contributed by atoms with Gasteiger partial charge < -0.3 is 10.6 Å². The molecule has 5 heteroatoms. The quantitative estimate of drug-likeness (QED) is 0.751. The summed E-state index contributed by atoms with van der Waals surface area (Å²) in [5.41, 5.74) is 0.619. The van der Waals surface area contributed by atoms with Crippen LogP contribution in [0.5, 0.6) is 0 Å². The van der Waals surface area contributed by atoms with Gasteiger partial charge in [-0.3, -0.25) is 4.79 Å². The number of nitrogens with one attached hydrogen (secondary N) is 2. The lowest BCUT2D eigenvalue weighted by Crippen LogP contribution is -2.33. The van der Waals surface area contributed by atoms with Crippen LogP contribution in [0.2, 0.25) is 0 Å². The first-order valence-electron chi connectivity index (χ1n) is 5.00. The van der Waals surface area contributed by atoms with Crippen LogP contribution < -0.4 is 10.6 Å². The van der Waals surface area contributed by atoms with E-state index in [1.54, 1.807) is 12.4 Å². The van der Waals surface area contributed by atoms with Gasteiger partial charge >= 0.3 is 0 Å². The van der Waals surface area contributed by atoms with E-state index in [2.05, 4.69) is 27.5 Å². The summed E-state index contributed by atoms with van der Waals surface area (Å²) in [5, 5.41) is 5.79. The molecule has 82 valence electrons. The SMILES string of the molecule is CCC(C)NCC(=O)Nc1cncnc1.